The molecular formula is C11H8Cl2N4. The van der Waals surface area contributed by atoms with Gasteiger partial charge in [-0.3, -0.25) is 5.41 Å². The minimum Gasteiger partial charge on any atom is -0.382 e. The minimum atomic E-state index is 0.113. The van der Waals surface area contributed by atoms with E-state index in [4.69, 9.17) is 34.3 Å². The highest BCUT2D eigenvalue weighted by atomic mass is 35.5. The monoisotopic (exact) mass is 266 g/mol. The SMILES string of the molecule is N=C(c1ccccc1Cl)c1ncc(Cl)nc1N. The fourth-order valence-electron chi connectivity index (χ4n) is 1.36. The Balaban J connectivity index is 2.48. The number of nitrogens with one attached hydrogen (secondary N) is 1. The van der Waals surface area contributed by atoms with Crippen LogP contribution in [0.4, 0.5) is 5.82 Å². The van der Waals surface area contributed by atoms with Gasteiger partial charge in [0.15, 0.2) is 5.82 Å². The van der Waals surface area contributed by atoms with Crippen molar-refractivity contribution < 1.29 is 0 Å². The van der Waals surface area contributed by atoms with Gasteiger partial charge in [-0.05, 0) is 6.07 Å². The summed E-state index contributed by atoms with van der Waals surface area (Å²) >= 11 is 11.6. The van der Waals surface area contributed by atoms with Gasteiger partial charge >= 0.3 is 0 Å². The molecule has 0 atom stereocenters. The van der Waals surface area contributed by atoms with Crippen LogP contribution in [0.15, 0.2) is 30.5 Å². The highest BCUT2D eigenvalue weighted by Gasteiger charge is 2.13. The van der Waals surface area contributed by atoms with E-state index in [1.165, 1.54) is 6.20 Å². The number of nitrogens with zero attached hydrogens (tertiary/aromatic N) is 2. The zero-order chi connectivity index (χ0) is 12.4. The van der Waals surface area contributed by atoms with Gasteiger partial charge in [0.1, 0.15) is 10.8 Å². The van der Waals surface area contributed by atoms with Crippen LogP contribution in [0.25, 0.3) is 0 Å². The minimum absolute atomic E-state index is 0.113. The number of aromatic nitrogens is 2. The van der Waals surface area contributed by atoms with Crippen molar-refractivity contribution in [1.29, 1.82) is 5.41 Å². The molecule has 0 saturated heterocycles. The Labute approximate surface area is 108 Å². The highest BCUT2D eigenvalue weighted by molar-refractivity contribution is 6.35. The molecule has 0 amide bonds. The van der Waals surface area contributed by atoms with E-state index >= 15 is 0 Å². The van der Waals surface area contributed by atoms with E-state index in [-0.39, 0.29) is 22.4 Å². The summed E-state index contributed by atoms with van der Waals surface area (Å²) in [5, 5.41) is 8.67. The summed E-state index contributed by atoms with van der Waals surface area (Å²) in [6.45, 7) is 0. The van der Waals surface area contributed by atoms with E-state index in [1.807, 2.05) is 0 Å². The molecule has 1 aromatic heterocycles. The van der Waals surface area contributed by atoms with Crippen LogP contribution < -0.4 is 5.73 Å². The lowest BCUT2D eigenvalue weighted by atomic mass is 10.1. The number of nitrogen functional groups attached to an aromatic ring is 1. The predicted molar refractivity (Wildman–Crippen MR) is 68.8 cm³/mol. The molecule has 1 heterocycles. The van der Waals surface area contributed by atoms with Gasteiger partial charge in [0.2, 0.25) is 0 Å². The van der Waals surface area contributed by atoms with Gasteiger partial charge in [-0.1, -0.05) is 41.4 Å². The molecule has 0 aliphatic carbocycles. The first-order chi connectivity index (χ1) is 8.09. The summed E-state index contributed by atoms with van der Waals surface area (Å²) in [6, 6.07) is 7.00. The number of benzene rings is 1. The Morgan fingerprint density at radius 3 is 2.59 bits per heavy atom. The molecule has 0 unspecified atom stereocenters. The molecule has 0 radical (unpaired) electrons. The summed E-state index contributed by atoms with van der Waals surface area (Å²) in [7, 11) is 0. The van der Waals surface area contributed by atoms with Crippen LogP contribution in [-0.4, -0.2) is 15.7 Å². The molecule has 1 aromatic carbocycles. The Morgan fingerprint density at radius 2 is 1.94 bits per heavy atom. The molecule has 2 aromatic rings. The van der Waals surface area contributed by atoms with Crippen LogP contribution in [0.5, 0.6) is 0 Å². The average Bonchev–Trinajstić information content (AvgIpc) is 2.29. The second-order valence-electron chi connectivity index (χ2n) is 3.28. The van der Waals surface area contributed by atoms with Crippen LogP contribution in [0.1, 0.15) is 11.3 Å². The lowest BCUT2D eigenvalue weighted by molar-refractivity contribution is 1.18. The lowest BCUT2D eigenvalue weighted by Gasteiger charge is -2.07. The zero-order valence-electron chi connectivity index (χ0n) is 8.61. The van der Waals surface area contributed by atoms with Crippen molar-refractivity contribution in [3.8, 4) is 0 Å². The molecule has 3 N–H and O–H groups in total. The summed E-state index contributed by atoms with van der Waals surface area (Å²) in [5.41, 5.74) is 6.61. The molecule has 0 aliphatic rings. The molecule has 2 rings (SSSR count). The van der Waals surface area contributed by atoms with Crippen LogP contribution in [0, 0.1) is 5.41 Å². The Morgan fingerprint density at radius 1 is 1.24 bits per heavy atom. The zero-order valence-corrected chi connectivity index (χ0v) is 10.1. The van der Waals surface area contributed by atoms with Crippen molar-refractivity contribution in [3.05, 3.63) is 51.9 Å². The number of hydrogen-bond donors (Lipinski definition) is 2. The molecule has 0 aliphatic heterocycles. The molecule has 0 fully saturated rings. The Kier molecular flexibility index (Phi) is 3.26. The second kappa shape index (κ2) is 4.69. The van der Waals surface area contributed by atoms with Crippen molar-refractivity contribution in [1.82, 2.24) is 9.97 Å². The summed E-state index contributed by atoms with van der Waals surface area (Å²) in [4.78, 5) is 7.84. The first-order valence-electron chi connectivity index (χ1n) is 4.71. The van der Waals surface area contributed by atoms with Crippen LogP contribution >= 0.6 is 23.2 Å². The van der Waals surface area contributed by atoms with Crippen LogP contribution in [0.3, 0.4) is 0 Å². The highest BCUT2D eigenvalue weighted by Crippen LogP contribution is 2.20. The van der Waals surface area contributed by atoms with Gasteiger partial charge in [-0.2, -0.15) is 0 Å². The predicted octanol–water partition coefficient (Wildman–Crippen LogP) is 2.78. The number of hydrogen-bond acceptors (Lipinski definition) is 4. The average molecular weight is 267 g/mol. The molecule has 0 spiro atoms. The molecule has 17 heavy (non-hydrogen) atoms. The van der Waals surface area contributed by atoms with Crippen LogP contribution in [0.2, 0.25) is 10.2 Å². The van der Waals surface area contributed by atoms with Crippen molar-refractivity contribution >= 4 is 34.7 Å². The summed E-state index contributed by atoms with van der Waals surface area (Å²) in [5.74, 6) is 0.113. The standard InChI is InChI=1S/C11H8Cl2N4/c12-7-4-2-1-3-6(7)9(14)10-11(15)17-8(13)5-16-10/h1-5,14H,(H2,15,17). The molecule has 86 valence electrons. The van der Waals surface area contributed by atoms with Crippen molar-refractivity contribution in [2.75, 3.05) is 5.73 Å². The maximum Gasteiger partial charge on any atom is 0.153 e. The van der Waals surface area contributed by atoms with E-state index in [9.17, 15) is 0 Å². The first-order valence-corrected chi connectivity index (χ1v) is 5.47. The number of nitrogens with two attached hydrogens (primary N) is 1. The van der Waals surface area contributed by atoms with E-state index in [0.717, 1.165) is 0 Å². The van der Waals surface area contributed by atoms with Gasteiger partial charge in [0, 0.05) is 5.56 Å². The van der Waals surface area contributed by atoms with Gasteiger partial charge in [-0.15, -0.1) is 0 Å². The third-order valence-electron chi connectivity index (χ3n) is 2.15. The lowest BCUT2D eigenvalue weighted by Crippen LogP contribution is -2.10. The maximum absolute atomic E-state index is 8.01. The third kappa shape index (κ3) is 2.38. The van der Waals surface area contributed by atoms with Gasteiger partial charge in [0.25, 0.3) is 0 Å². The van der Waals surface area contributed by atoms with E-state index < -0.39 is 0 Å². The molecular weight excluding hydrogens is 259 g/mol. The number of rotatable bonds is 2. The number of anilines is 1. The van der Waals surface area contributed by atoms with Crippen molar-refractivity contribution in [2.45, 2.75) is 0 Å². The Hall–Kier alpha value is -1.65. The van der Waals surface area contributed by atoms with Gasteiger partial charge in [0.05, 0.1) is 16.9 Å². The largest absolute Gasteiger partial charge is 0.382 e. The van der Waals surface area contributed by atoms with E-state index in [2.05, 4.69) is 9.97 Å². The number of halogens is 2. The fraction of sp³-hybridized carbons (Fsp3) is 0. The summed E-state index contributed by atoms with van der Waals surface area (Å²) < 4.78 is 0. The fourth-order valence-corrected chi connectivity index (χ4v) is 1.74. The molecule has 0 bridgehead atoms. The molecule has 6 heteroatoms. The van der Waals surface area contributed by atoms with Crippen molar-refractivity contribution in [3.63, 3.8) is 0 Å². The molecule has 4 nitrogen and oxygen atoms in total. The van der Waals surface area contributed by atoms with Gasteiger partial charge in [-0.25, -0.2) is 9.97 Å². The smallest absolute Gasteiger partial charge is 0.153 e. The topological polar surface area (TPSA) is 75.7 Å². The normalized spacial score (nSPS) is 10.2. The van der Waals surface area contributed by atoms with Gasteiger partial charge < -0.3 is 5.73 Å². The van der Waals surface area contributed by atoms with E-state index in [1.54, 1.807) is 24.3 Å². The quantitative estimate of drug-likeness (QED) is 0.821. The van der Waals surface area contributed by atoms with Crippen molar-refractivity contribution in [2.24, 2.45) is 0 Å². The van der Waals surface area contributed by atoms with Crippen LogP contribution in [-0.2, 0) is 0 Å². The van der Waals surface area contributed by atoms with E-state index in [0.29, 0.717) is 10.6 Å². The third-order valence-corrected chi connectivity index (χ3v) is 2.66. The maximum atomic E-state index is 8.01. The Bertz CT molecular complexity index is 583. The summed E-state index contributed by atoms with van der Waals surface area (Å²) in [6.07, 6.45) is 1.35. The molecule has 0 saturated carbocycles. The second-order valence-corrected chi connectivity index (χ2v) is 4.08. The first kappa shape index (κ1) is 11.8.